The number of hydrogen-bond acceptors (Lipinski definition) is 4. The van der Waals surface area contributed by atoms with Gasteiger partial charge in [0.25, 0.3) is 5.91 Å². The lowest BCUT2D eigenvalue weighted by molar-refractivity contribution is -0.155. The maximum absolute atomic E-state index is 12.4. The van der Waals surface area contributed by atoms with E-state index in [1.807, 2.05) is 18.2 Å². The molecule has 0 radical (unpaired) electrons. The predicted molar refractivity (Wildman–Crippen MR) is 97.1 cm³/mol. The van der Waals surface area contributed by atoms with Crippen molar-refractivity contribution in [1.29, 1.82) is 0 Å². The third-order valence-electron chi connectivity index (χ3n) is 4.62. The van der Waals surface area contributed by atoms with Crippen molar-refractivity contribution in [3.05, 3.63) is 46.3 Å². The minimum Gasteiger partial charge on any atom is -0.479 e. The number of nitrogens with one attached hydrogen (secondary N) is 1. The zero-order valence-corrected chi connectivity index (χ0v) is 15.2. The number of hydrogen-bond donors (Lipinski definition) is 3. The van der Waals surface area contributed by atoms with Crippen molar-refractivity contribution in [3.63, 3.8) is 0 Å². The molecular weight excluding hydrogens is 338 g/mol. The maximum Gasteiger partial charge on any atom is 0.337 e. The van der Waals surface area contributed by atoms with Crippen LogP contribution in [0.3, 0.4) is 0 Å². The summed E-state index contributed by atoms with van der Waals surface area (Å²) in [5, 5.41) is 21.2. The summed E-state index contributed by atoms with van der Waals surface area (Å²) in [4.78, 5) is 25.0. The second-order valence-electron chi connectivity index (χ2n) is 7.33. The van der Waals surface area contributed by atoms with Crippen LogP contribution in [0.5, 0.6) is 0 Å². The molecule has 0 spiro atoms. The molecule has 0 bridgehead atoms. The second kappa shape index (κ2) is 5.97. The summed E-state index contributed by atoms with van der Waals surface area (Å²) in [6, 6.07) is 10.1. The predicted octanol–water partition coefficient (Wildman–Crippen LogP) is 2.81. The Labute approximate surface area is 150 Å². The van der Waals surface area contributed by atoms with E-state index >= 15 is 0 Å². The number of fused-ring (bicyclic) bond motifs is 3. The van der Waals surface area contributed by atoms with Gasteiger partial charge in [0.2, 0.25) is 0 Å². The van der Waals surface area contributed by atoms with Gasteiger partial charge in [-0.05, 0) is 41.5 Å². The third kappa shape index (κ3) is 3.19. The minimum absolute atomic E-state index is 0.00854. The number of carboxylic acid groups (broad SMARTS) is 1. The van der Waals surface area contributed by atoms with Gasteiger partial charge in [-0.15, -0.1) is 11.3 Å². The number of carbonyl (C=O) groups excluding carboxylic acids is 1. The monoisotopic (exact) mass is 359 g/mol. The molecule has 2 aromatic rings. The van der Waals surface area contributed by atoms with Crippen molar-refractivity contribution in [2.45, 2.75) is 38.2 Å². The first kappa shape index (κ1) is 17.6. The van der Waals surface area contributed by atoms with Crippen LogP contribution < -0.4 is 5.32 Å². The van der Waals surface area contributed by atoms with E-state index < -0.39 is 11.6 Å². The Morgan fingerprint density at radius 3 is 2.68 bits per heavy atom. The van der Waals surface area contributed by atoms with E-state index in [2.05, 4.69) is 31.3 Å². The second-order valence-corrected chi connectivity index (χ2v) is 8.39. The number of carboxylic acids is 1. The van der Waals surface area contributed by atoms with E-state index in [0.717, 1.165) is 29.3 Å². The van der Waals surface area contributed by atoms with E-state index in [-0.39, 0.29) is 17.9 Å². The van der Waals surface area contributed by atoms with Gasteiger partial charge in [0.1, 0.15) is 0 Å². The smallest absolute Gasteiger partial charge is 0.337 e. The quantitative estimate of drug-likeness (QED) is 0.783. The van der Waals surface area contributed by atoms with Gasteiger partial charge < -0.3 is 15.5 Å². The molecule has 3 rings (SSSR count). The van der Waals surface area contributed by atoms with E-state index in [4.69, 9.17) is 5.11 Å². The highest BCUT2D eigenvalue weighted by Crippen LogP contribution is 2.46. The molecule has 5 nitrogen and oxygen atoms in total. The van der Waals surface area contributed by atoms with Crippen molar-refractivity contribution >= 4 is 23.2 Å². The minimum atomic E-state index is -1.98. The molecule has 6 heteroatoms. The molecule has 1 aliphatic rings. The molecule has 1 aromatic heterocycles. The number of aliphatic carboxylic acids is 1. The molecule has 1 amide bonds. The van der Waals surface area contributed by atoms with Crippen LogP contribution in [-0.2, 0) is 16.6 Å². The highest BCUT2D eigenvalue weighted by Gasteiger charge is 2.34. The lowest BCUT2D eigenvalue weighted by Gasteiger charge is -2.32. The standard InChI is InChI=1S/C19H21NO4S/c1-18(2)9-11-8-14(16(21)20-10-19(3,24)17(22)23)25-15(11)12-6-4-5-7-13(12)18/h4-8,24H,9-10H2,1-3H3,(H,20,21)(H,22,23). The number of aliphatic hydroxyl groups is 1. The molecular formula is C19H21NO4S. The van der Waals surface area contributed by atoms with E-state index in [1.54, 1.807) is 0 Å². The Hall–Kier alpha value is -2.18. The Kier molecular flexibility index (Phi) is 4.21. The number of thiophene rings is 1. The molecule has 0 saturated carbocycles. The Bertz CT molecular complexity index is 851. The van der Waals surface area contributed by atoms with E-state index in [9.17, 15) is 14.7 Å². The fourth-order valence-corrected chi connectivity index (χ4v) is 4.29. The first-order valence-electron chi connectivity index (χ1n) is 8.08. The van der Waals surface area contributed by atoms with Gasteiger partial charge in [0, 0.05) is 4.88 Å². The summed E-state index contributed by atoms with van der Waals surface area (Å²) in [5.74, 6) is -1.73. The fourth-order valence-electron chi connectivity index (χ4n) is 3.16. The normalized spacial score (nSPS) is 17.1. The number of rotatable bonds is 4. The molecule has 1 heterocycles. The molecule has 1 aromatic carbocycles. The van der Waals surface area contributed by atoms with Gasteiger partial charge in [0.05, 0.1) is 11.4 Å². The van der Waals surface area contributed by atoms with Crippen LogP contribution in [0.2, 0.25) is 0 Å². The summed E-state index contributed by atoms with van der Waals surface area (Å²) in [6.45, 7) is 5.20. The van der Waals surface area contributed by atoms with Crippen LogP contribution in [0.15, 0.2) is 30.3 Å². The van der Waals surface area contributed by atoms with Gasteiger partial charge in [-0.1, -0.05) is 38.1 Å². The topological polar surface area (TPSA) is 86.6 Å². The maximum atomic E-state index is 12.4. The molecule has 0 saturated heterocycles. The van der Waals surface area contributed by atoms with E-state index in [1.165, 1.54) is 16.9 Å². The van der Waals surface area contributed by atoms with Gasteiger partial charge in [-0.2, -0.15) is 0 Å². The van der Waals surface area contributed by atoms with Crippen molar-refractivity contribution in [2.75, 3.05) is 6.54 Å². The summed E-state index contributed by atoms with van der Waals surface area (Å²) in [6.07, 6.45) is 0.843. The average Bonchev–Trinajstić information content (AvgIpc) is 2.96. The lowest BCUT2D eigenvalue weighted by Crippen LogP contribution is -2.46. The summed E-state index contributed by atoms with van der Waals surface area (Å²) < 4.78 is 0. The number of benzene rings is 1. The Morgan fingerprint density at radius 1 is 1.32 bits per heavy atom. The van der Waals surface area contributed by atoms with Gasteiger partial charge >= 0.3 is 5.97 Å². The van der Waals surface area contributed by atoms with Crippen molar-refractivity contribution in [1.82, 2.24) is 5.32 Å². The number of carbonyl (C=O) groups is 2. The molecule has 0 fully saturated rings. The summed E-state index contributed by atoms with van der Waals surface area (Å²) in [7, 11) is 0. The lowest BCUT2D eigenvalue weighted by atomic mass is 9.73. The molecule has 132 valence electrons. The summed E-state index contributed by atoms with van der Waals surface area (Å²) >= 11 is 1.40. The highest BCUT2D eigenvalue weighted by molar-refractivity contribution is 7.17. The Balaban J connectivity index is 1.88. The third-order valence-corrected chi connectivity index (χ3v) is 5.83. The average molecular weight is 359 g/mol. The van der Waals surface area contributed by atoms with Crippen LogP contribution in [0, 0.1) is 0 Å². The zero-order valence-electron chi connectivity index (χ0n) is 14.4. The van der Waals surface area contributed by atoms with Crippen LogP contribution in [0.1, 0.15) is 41.6 Å². The molecule has 25 heavy (non-hydrogen) atoms. The van der Waals surface area contributed by atoms with Crippen molar-refractivity contribution in [3.8, 4) is 10.4 Å². The van der Waals surface area contributed by atoms with Crippen LogP contribution in [0.25, 0.3) is 10.4 Å². The number of amides is 1. The molecule has 1 atom stereocenters. The van der Waals surface area contributed by atoms with Crippen molar-refractivity contribution in [2.24, 2.45) is 0 Å². The van der Waals surface area contributed by atoms with Gasteiger partial charge in [-0.25, -0.2) is 4.79 Å². The molecule has 1 aliphatic carbocycles. The molecule has 0 aliphatic heterocycles. The van der Waals surface area contributed by atoms with Crippen LogP contribution >= 0.6 is 11.3 Å². The van der Waals surface area contributed by atoms with Crippen LogP contribution in [0.4, 0.5) is 0 Å². The van der Waals surface area contributed by atoms with Gasteiger partial charge in [0.15, 0.2) is 5.60 Å². The largest absolute Gasteiger partial charge is 0.479 e. The summed E-state index contributed by atoms with van der Waals surface area (Å²) in [5.41, 5.74) is 1.55. The fraction of sp³-hybridized carbons (Fsp3) is 0.368. The molecule has 3 N–H and O–H groups in total. The van der Waals surface area contributed by atoms with Crippen LogP contribution in [-0.4, -0.2) is 34.2 Å². The van der Waals surface area contributed by atoms with Gasteiger partial charge in [-0.3, -0.25) is 4.79 Å². The Morgan fingerprint density at radius 2 is 2.00 bits per heavy atom. The van der Waals surface area contributed by atoms with Crippen molar-refractivity contribution < 1.29 is 19.8 Å². The van der Waals surface area contributed by atoms with E-state index in [0.29, 0.717) is 4.88 Å². The zero-order chi connectivity index (χ0) is 18.4. The SMILES string of the molecule is CC(O)(CNC(=O)c1cc2c(s1)-c1ccccc1C(C)(C)C2)C(=O)O. The molecule has 1 unspecified atom stereocenters. The highest BCUT2D eigenvalue weighted by atomic mass is 32.1. The first-order chi connectivity index (χ1) is 11.6. The first-order valence-corrected chi connectivity index (χ1v) is 8.90.